The number of hydrogen-bond acceptors (Lipinski definition) is 5. The van der Waals surface area contributed by atoms with Crippen molar-refractivity contribution < 1.29 is 25.9 Å². The summed E-state index contributed by atoms with van der Waals surface area (Å²) in [5, 5.41) is 21.2. The number of phenols is 2. The summed E-state index contributed by atoms with van der Waals surface area (Å²) in [7, 11) is 0. The van der Waals surface area contributed by atoms with Crippen LogP contribution in [0.2, 0.25) is 0 Å². The van der Waals surface area contributed by atoms with E-state index < -0.39 is 0 Å². The van der Waals surface area contributed by atoms with E-state index in [9.17, 15) is 10.2 Å². The van der Waals surface area contributed by atoms with E-state index in [2.05, 4.69) is 73.4 Å². The van der Waals surface area contributed by atoms with Gasteiger partial charge in [-0.05, 0) is 90.9 Å². The zero-order valence-electron chi connectivity index (χ0n) is 21.8. The van der Waals surface area contributed by atoms with Crippen molar-refractivity contribution in [3.05, 3.63) is 55.5 Å². The molecular weight excluding hydrogens is 625 g/mol. The van der Waals surface area contributed by atoms with Gasteiger partial charge < -0.3 is 10.2 Å². The average Bonchev–Trinajstić information content (AvgIpc) is 2.81. The minimum atomic E-state index is -0.0334. The number of halogens is 2. The molecule has 1 saturated carbocycles. The van der Waals surface area contributed by atoms with Crippen molar-refractivity contribution >= 4 is 44.3 Å². The summed E-state index contributed by atoms with van der Waals surface area (Å²) in [6, 6.07) is 8.04. The van der Waals surface area contributed by atoms with Gasteiger partial charge in [0, 0.05) is 23.6 Å². The molecule has 2 aromatic rings. The quantitative estimate of drug-likeness (QED) is 0.257. The van der Waals surface area contributed by atoms with Crippen LogP contribution in [0.25, 0.3) is 0 Å². The zero-order valence-corrected chi connectivity index (χ0v) is 26.2. The van der Waals surface area contributed by atoms with E-state index >= 15 is 0 Å². The molecule has 0 amide bonds. The number of phenolic OH excluding ortho intramolecular Hbond substituents is 2. The van der Waals surface area contributed by atoms with Gasteiger partial charge in [0.1, 0.15) is 11.5 Å². The van der Waals surface area contributed by atoms with Crippen LogP contribution in [0, 0.1) is 4.20 Å². The van der Waals surface area contributed by atoms with E-state index in [1.165, 1.54) is 0 Å². The Kier molecular flexibility index (Phi) is 11.0. The van der Waals surface area contributed by atoms with Crippen LogP contribution >= 0.6 is 31.9 Å². The first-order valence-corrected chi connectivity index (χ1v) is 14.2. The number of aliphatic imine (C=N–C) groups is 2. The molecule has 1 aliphatic carbocycles. The summed E-state index contributed by atoms with van der Waals surface area (Å²) in [6.07, 6.45) is 7.72. The van der Waals surface area contributed by atoms with E-state index in [0.29, 0.717) is 20.1 Å². The molecule has 2 aromatic carbocycles. The van der Waals surface area contributed by atoms with Crippen LogP contribution in [-0.4, -0.2) is 34.7 Å². The fraction of sp³-hybridized carbons (Fsp3) is 0.500. The van der Waals surface area contributed by atoms with Gasteiger partial charge in [0.25, 0.3) is 0 Å². The van der Waals surface area contributed by atoms with Crippen LogP contribution in [0.1, 0.15) is 89.5 Å². The molecule has 0 saturated heterocycles. The Morgan fingerprint density at radius 1 is 0.750 bits per heavy atom. The van der Waals surface area contributed by atoms with Crippen molar-refractivity contribution in [1.82, 2.24) is 0 Å². The van der Waals surface area contributed by atoms with Gasteiger partial charge in [0.2, 0.25) is 0 Å². The molecule has 0 heterocycles. The fourth-order valence-electron chi connectivity index (χ4n) is 4.10. The summed E-state index contributed by atoms with van der Waals surface area (Å²) >= 11 is 8.91. The fourth-order valence-corrected chi connectivity index (χ4v) is 5.05. The Morgan fingerprint density at radius 2 is 1.08 bits per heavy atom. The average molecular weight is 661 g/mol. The molecule has 5 nitrogen and oxygen atoms in total. The third kappa shape index (κ3) is 8.03. The molecule has 2 N–H and O–H groups in total. The third-order valence-electron chi connectivity index (χ3n) is 6.42. The molecule has 1 fully saturated rings. The molecule has 36 heavy (non-hydrogen) atoms. The first-order chi connectivity index (χ1) is 16.8. The second-order valence-corrected chi connectivity index (χ2v) is 13.0. The number of benzene rings is 2. The molecule has 0 bridgehead atoms. The zero-order chi connectivity index (χ0) is 27.3. The van der Waals surface area contributed by atoms with Gasteiger partial charge in [-0.2, -0.15) is 0 Å². The van der Waals surface area contributed by atoms with E-state index in [-0.39, 0.29) is 34.4 Å². The first-order valence-electron chi connectivity index (χ1n) is 12.1. The molecule has 0 aliphatic heterocycles. The van der Waals surface area contributed by atoms with Crippen LogP contribution in [0.3, 0.4) is 0 Å². The van der Waals surface area contributed by atoms with Gasteiger partial charge in [-0.25, -0.2) is 0 Å². The molecule has 3 rings (SSSR count). The predicted octanol–water partition coefficient (Wildman–Crippen LogP) is 8.08. The van der Waals surface area contributed by atoms with Crippen molar-refractivity contribution in [1.29, 1.82) is 4.20 Å². The van der Waals surface area contributed by atoms with Crippen LogP contribution in [0.5, 0.6) is 11.5 Å². The summed E-state index contributed by atoms with van der Waals surface area (Å²) in [4.78, 5) is 9.76. The summed E-state index contributed by atoms with van der Waals surface area (Å²) in [5.74, 6) is 0.419. The Balaban J connectivity index is 0.00000222. The van der Waals surface area contributed by atoms with Crippen LogP contribution in [-0.2, 0) is 26.5 Å². The molecule has 0 spiro atoms. The van der Waals surface area contributed by atoms with Crippen LogP contribution in [0.4, 0.5) is 0 Å². The maximum absolute atomic E-state index is 10.6. The molecular formula is C28H36Br2MnN3O2. The Bertz CT molecular complexity index is 1060. The van der Waals surface area contributed by atoms with E-state index in [1.54, 1.807) is 12.4 Å². The predicted molar refractivity (Wildman–Crippen MR) is 152 cm³/mol. The molecule has 8 heteroatoms. The summed E-state index contributed by atoms with van der Waals surface area (Å²) in [6.45, 7) is 12.9. The van der Waals surface area contributed by atoms with E-state index in [0.717, 1.165) is 36.8 Å². The van der Waals surface area contributed by atoms with Gasteiger partial charge in [-0.15, -0.1) is 0 Å². The standard InChI is InChI=1S/C28H36Br2N2O2.Mn.N/c1-27(2,3)19-11-17(25(33)21(29)13-19)15-31-23-9-7-8-10-24(23)32-16-18-12-20(28(4,5)6)14-22(30)26(18)34;;/h11-16,23-24,33-34H,7-10H2,1-6H3;;. The monoisotopic (exact) mass is 659 g/mol. The van der Waals surface area contributed by atoms with Gasteiger partial charge in [-0.1, -0.05) is 54.4 Å². The van der Waals surface area contributed by atoms with E-state index in [1.807, 2.05) is 39.9 Å². The van der Waals surface area contributed by atoms with Crippen molar-refractivity contribution in [2.45, 2.75) is 90.1 Å². The van der Waals surface area contributed by atoms with Crippen molar-refractivity contribution in [2.24, 2.45) is 9.98 Å². The Morgan fingerprint density at radius 3 is 1.39 bits per heavy atom. The minimum absolute atomic E-state index is 0.0334. The van der Waals surface area contributed by atoms with Crippen LogP contribution < -0.4 is 0 Å². The number of rotatable bonds is 4. The molecule has 2 atom stereocenters. The first kappa shape index (κ1) is 30.8. The third-order valence-corrected chi connectivity index (χ3v) is 7.63. The Hall–Kier alpha value is -1.43. The normalized spacial score (nSPS) is 18.9. The molecule has 0 aromatic heterocycles. The van der Waals surface area contributed by atoms with Gasteiger partial charge in [-0.3, -0.25) is 9.98 Å². The maximum atomic E-state index is 10.6. The van der Waals surface area contributed by atoms with E-state index in [4.69, 9.17) is 14.2 Å². The number of nitrogens with zero attached hydrogens (tertiary/aromatic N) is 3. The van der Waals surface area contributed by atoms with Crippen molar-refractivity contribution in [2.75, 3.05) is 0 Å². The number of aromatic hydroxyl groups is 2. The topological polar surface area (TPSA) is 89.0 Å². The molecule has 0 radical (unpaired) electrons. The second-order valence-electron chi connectivity index (χ2n) is 11.3. The SMILES string of the molecule is CC(C)(C)c1cc(Br)c(O)c(C=NC2CCCCC2N=Cc2cc(C(C)(C)C)cc(Br)c2O)c1.[N]#[Mn]. The molecule has 196 valence electrons. The Labute approximate surface area is 240 Å². The van der Waals surface area contributed by atoms with Crippen molar-refractivity contribution in [3.63, 3.8) is 0 Å². The van der Waals surface area contributed by atoms with Crippen molar-refractivity contribution in [3.8, 4) is 11.5 Å². The van der Waals surface area contributed by atoms with Gasteiger partial charge in [0.15, 0.2) is 0 Å². The summed E-state index contributed by atoms with van der Waals surface area (Å²) in [5.41, 5.74) is 3.63. The summed E-state index contributed by atoms with van der Waals surface area (Å²) < 4.78 is 8.17. The van der Waals surface area contributed by atoms with Crippen LogP contribution in [0.15, 0.2) is 43.2 Å². The van der Waals surface area contributed by atoms with Gasteiger partial charge in [0.05, 0.1) is 21.0 Å². The van der Waals surface area contributed by atoms with Gasteiger partial charge >= 0.3 is 19.8 Å². The molecule has 2 unspecified atom stereocenters. The second kappa shape index (κ2) is 12.9. The molecule has 1 aliphatic rings. The number of hydrogen-bond donors (Lipinski definition) is 2.